The first-order valence-electron chi connectivity index (χ1n) is 9.01. The molecule has 156 valence electrons. The maximum atomic E-state index is 13.6. The Bertz CT molecular complexity index is 918. The number of amides is 1. The summed E-state index contributed by atoms with van der Waals surface area (Å²) < 4.78 is 32.4. The highest BCUT2D eigenvalue weighted by Crippen LogP contribution is 2.25. The van der Waals surface area contributed by atoms with Crippen molar-refractivity contribution >= 4 is 11.9 Å². The first kappa shape index (κ1) is 22.2. The van der Waals surface area contributed by atoms with Gasteiger partial charge in [-0.15, -0.1) is 0 Å². The van der Waals surface area contributed by atoms with Crippen molar-refractivity contribution in [1.82, 2.24) is 20.3 Å². The first-order valence-corrected chi connectivity index (χ1v) is 9.01. The number of aromatic nitrogens is 3. The second-order valence-corrected chi connectivity index (χ2v) is 6.83. The molecular formula is C20H25F2N5O2. The van der Waals surface area contributed by atoms with Gasteiger partial charge in [0.05, 0.1) is 6.04 Å². The van der Waals surface area contributed by atoms with Gasteiger partial charge < -0.3 is 15.4 Å². The lowest BCUT2D eigenvalue weighted by Gasteiger charge is -2.19. The van der Waals surface area contributed by atoms with E-state index in [1.54, 1.807) is 40.0 Å². The molecule has 2 aromatic heterocycles. The molecule has 9 heteroatoms. The number of anilines is 1. The van der Waals surface area contributed by atoms with E-state index in [2.05, 4.69) is 32.2 Å². The summed E-state index contributed by atoms with van der Waals surface area (Å²) in [4.78, 5) is 24.9. The van der Waals surface area contributed by atoms with Crippen LogP contribution in [0.15, 0.2) is 30.5 Å². The van der Waals surface area contributed by atoms with Gasteiger partial charge in [-0.2, -0.15) is 8.78 Å². The van der Waals surface area contributed by atoms with Crippen LogP contribution in [0.4, 0.5) is 14.7 Å². The van der Waals surface area contributed by atoms with Gasteiger partial charge in [-0.05, 0) is 51.0 Å². The van der Waals surface area contributed by atoms with Crippen molar-refractivity contribution in [3.63, 3.8) is 0 Å². The molecule has 1 atom stereocenters. The first-order chi connectivity index (χ1) is 13.5. The number of alkyl halides is 2. The van der Waals surface area contributed by atoms with Crippen LogP contribution in [0.3, 0.4) is 0 Å². The molecule has 2 N–H and O–H groups in total. The van der Waals surface area contributed by atoms with Crippen molar-refractivity contribution in [3.8, 4) is 5.88 Å². The van der Waals surface area contributed by atoms with E-state index in [1.165, 1.54) is 13.1 Å². The number of rotatable bonds is 8. The fraction of sp³-hybridized carbons (Fsp3) is 0.400. The fourth-order valence-electron chi connectivity index (χ4n) is 2.40. The van der Waals surface area contributed by atoms with E-state index in [9.17, 15) is 13.6 Å². The molecule has 0 spiro atoms. The number of nitrogens with zero attached hydrogens (tertiary/aromatic N) is 3. The summed E-state index contributed by atoms with van der Waals surface area (Å²) in [6.07, 6.45) is 1.48. The van der Waals surface area contributed by atoms with Gasteiger partial charge in [-0.25, -0.2) is 15.0 Å². The van der Waals surface area contributed by atoms with Crippen molar-refractivity contribution in [1.29, 1.82) is 0 Å². The van der Waals surface area contributed by atoms with Gasteiger partial charge in [0.15, 0.2) is 6.61 Å². The lowest BCUT2D eigenvalue weighted by molar-refractivity contribution is -0.00717. The molecule has 0 fully saturated rings. The van der Waals surface area contributed by atoms with Crippen LogP contribution in [0.2, 0.25) is 0 Å². The van der Waals surface area contributed by atoms with Crippen LogP contribution in [0, 0.1) is 13.8 Å². The molecule has 2 heterocycles. The Morgan fingerprint density at radius 2 is 2.00 bits per heavy atom. The van der Waals surface area contributed by atoms with E-state index in [0.717, 1.165) is 0 Å². The maximum absolute atomic E-state index is 13.6. The van der Waals surface area contributed by atoms with Gasteiger partial charge in [0.25, 0.3) is 5.91 Å². The van der Waals surface area contributed by atoms with Gasteiger partial charge in [-0.3, -0.25) is 4.79 Å². The number of ether oxygens (including phenoxy) is 1. The molecule has 0 saturated heterocycles. The van der Waals surface area contributed by atoms with Crippen LogP contribution >= 0.6 is 0 Å². The number of halogens is 2. The van der Waals surface area contributed by atoms with Crippen molar-refractivity contribution in [2.24, 2.45) is 0 Å². The Balaban J connectivity index is 2.09. The minimum absolute atomic E-state index is 0.110. The van der Waals surface area contributed by atoms with Crippen molar-refractivity contribution < 1.29 is 18.3 Å². The zero-order valence-electron chi connectivity index (χ0n) is 17.1. The highest BCUT2D eigenvalue weighted by molar-refractivity contribution is 5.92. The third-order valence-electron chi connectivity index (χ3n) is 4.22. The summed E-state index contributed by atoms with van der Waals surface area (Å²) in [6, 6.07) is 2.94. The molecule has 1 amide bonds. The molecule has 2 aromatic rings. The number of hydrogen-bond acceptors (Lipinski definition) is 6. The van der Waals surface area contributed by atoms with Crippen molar-refractivity contribution in [2.75, 3.05) is 19.0 Å². The Kier molecular flexibility index (Phi) is 6.84. The summed E-state index contributed by atoms with van der Waals surface area (Å²) in [5.41, 5.74) is 1.91. The Labute approximate surface area is 168 Å². The Morgan fingerprint density at radius 3 is 2.59 bits per heavy atom. The van der Waals surface area contributed by atoms with Crippen molar-refractivity contribution in [3.05, 3.63) is 53.0 Å². The SMILES string of the molecule is C=C(C)C(F)(F)COc1ncc(C(C)NC(=O)c2cc(C)nc(NC)n2)cc1C. The lowest BCUT2D eigenvalue weighted by Crippen LogP contribution is -2.28. The maximum Gasteiger partial charge on any atom is 0.302 e. The summed E-state index contributed by atoms with van der Waals surface area (Å²) in [5.74, 6) is -3.03. The minimum atomic E-state index is -3.13. The molecule has 0 aliphatic heterocycles. The van der Waals surface area contributed by atoms with E-state index in [-0.39, 0.29) is 29.1 Å². The number of pyridine rings is 1. The molecule has 0 bridgehead atoms. The highest BCUT2D eigenvalue weighted by Gasteiger charge is 2.31. The number of carbonyl (C=O) groups excluding carboxylic acids is 1. The van der Waals surface area contributed by atoms with Gasteiger partial charge in [-0.1, -0.05) is 6.58 Å². The molecule has 0 saturated carbocycles. The predicted octanol–water partition coefficient (Wildman–Crippen LogP) is 3.61. The molecule has 29 heavy (non-hydrogen) atoms. The molecule has 0 aromatic carbocycles. The van der Waals surface area contributed by atoms with Crippen LogP contribution in [0.5, 0.6) is 5.88 Å². The zero-order valence-corrected chi connectivity index (χ0v) is 17.1. The highest BCUT2D eigenvalue weighted by atomic mass is 19.3. The molecule has 2 rings (SSSR count). The molecule has 1 unspecified atom stereocenters. The Hall–Kier alpha value is -3.10. The standard InChI is InChI=1S/C20H25F2N5O2/c1-11(2)20(21,22)10-29-18-12(3)7-15(9-24-18)14(5)26-17(28)16-8-13(4)25-19(23-6)27-16/h7-9,14H,1,10H2,2-6H3,(H,26,28)(H,23,25,27). The molecule has 0 aliphatic carbocycles. The van der Waals surface area contributed by atoms with Gasteiger partial charge >= 0.3 is 5.92 Å². The summed E-state index contributed by atoms with van der Waals surface area (Å²) in [7, 11) is 1.67. The van der Waals surface area contributed by atoms with E-state index >= 15 is 0 Å². The Morgan fingerprint density at radius 1 is 1.31 bits per heavy atom. The smallest absolute Gasteiger partial charge is 0.302 e. The average molecular weight is 405 g/mol. The number of hydrogen-bond donors (Lipinski definition) is 2. The van der Waals surface area contributed by atoms with Gasteiger partial charge in [0, 0.05) is 24.5 Å². The molecule has 7 nitrogen and oxygen atoms in total. The predicted molar refractivity (Wildman–Crippen MR) is 106 cm³/mol. The molecular weight excluding hydrogens is 380 g/mol. The zero-order chi connectivity index (χ0) is 21.8. The second-order valence-electron chi connectivity index (χ2n) is 6.83. The van der Waals surface area contributed by atoms with Crippen LogP contribution in [0.1, 0.15) is 47.2 Å². The van der Waals surface area contributed by atoms with Crippen LogP contribution < -0.4 is 15.4 Å². The van der Waals surface area contributed by atoms with E-state index in [4.69, 9.17) is 4.74 Å². The summed E-state index contributed by atoms with van der Waals surface area (Å²) >= 11 is 0. The van der Waals surface area contributed by atoms with E-state index in [1.807, 2.05) is 0 Å². The summed E-state index contributed by atoms with van der Waals surface area (Å²) in [5, 5.41) is 5.65. The van der Waals surface area contributed by atoms with E-state index < -0.39 is 12.5 Å². The normalized spacial score (nSPS) is 12.2. The van der Waals surface area contributed by atoms with Crippen molar-refractivity contribution in [2.45, 2.75) is 39.7 Å². The fourth-order valence-corrected chi connectivity index (χ4v) is 2.40. The topological polar surface area (TPSA) is 89.0 Å². The second kappa shape index (κ2) is 8.93. The monoisotopic (exact) mass is 405 g/mol. The number of aryl methyl sites for hydroxylation is 2. The third-order valence-corrected chi connectivity index (χ3v) is 4.22. The number of nitrogens with one attached hydrogen (secondary N) is 2. The van der Waals surface area contributed by atoms with E-state index in [0.29, 0.717) is 22.8 Å². The molecule has 0 radical (unpaired) electrons. The van der Waals surface area contributed by atoms with Crippen LogP contribution in [-0.4, -0.2) is 40.4 Å². The quantitative estimate of drug-likeness (QED) is 0.652. The van der Waals surface area contributed by atoms with Crippen LogP contribution in [-0.2, 0) is 0 Å². The largest absolute Gasteiger partial charge is 0.471 e. The third kappa shape index (κ3) is 5.69. The summed E-state index contributed by atoms with van der Waals surface area (Å²) in [6.45, 7) is 8.94. The average Bonchev–Trinajstić information content (AvgIpc) is 2.66. The number of carbonyl (C=O) groups is 1. The minimum Gasteiger partial charge on any atom is -0.471 e. The lowest BCUT2D eigenvalue weighted by atomic mass is 10.1. The van der Waals surface area contributed by atoms with Gasteiger partial charge in [0.2, 0.25) is 11.8 Å². The van der Waals surface area contributed by atoms with Gasteiger partial charge in [0.1, 0.15) is 5.69 Å². The van der Waals surface area contributed by atoms with Crippen LogP contribution in [0.25, 0.3) is 0 Å². The molecule has 0 aliphatic rings.